The van der Waals surface area contributed by atoms with Gasteiger partial charge in [-0.05, 0) is 24.6 Å². The van der Waals surface area contributed by atoms with Crippen molar-refractivity contribution in [3.8, 4) is 0 Å². The molecular weight excluding hydrogens is 231 g/mol. The van der Waals surface area contributed by atoms with Crippen molar-refractivity contribution in [1.82, 2.24) is 5.32 Å². The molecule has 0 amide bonds. The molecule has 2 nitrogen and oxygen atoms in total. The molecule has 5 heteroatoms. The molecule has 0 saturated carbocycles. The van der Waals surface area contributed by atoms with Gasteiger partial charge in [0.15, 0.2) is 0 Å². The van der Waals surface area contributed by atoms with Crippen LogP contribution in [0.25, 0.3) is 0 Å². The van der Waals surface area contributed by atoms with Gasteiger partial charge in [0, 0.05) is 12.6 Å². The Balaban J connectivity index is 2.16. The Morgan fingerprint density at radius 2 is 2.12 bits per heavy atom. The van der Waals surface area contributed by atoms with Gasteiger partial charge >= 0.3 is 6.18 Å². The molecule has 94 valence electrons. The van der Waals surface area contributed by atoms with Crippen molar-refractivity contribution in [2.24, 2.45) is 0 Å². The number of halogens is 3. The number of benzene rings is 1. The first kappa shape index (κ1) is 12.4. The number of nitrogens with one attached hydrogen (secondary N) is 1. The molecule has 1 heterocycles. The van der Waals surface area contributed by atoms with E-state index in [2.05, 4.69) is 5.32 Å². The number of hydrogen-bond donors (Lipinski definition) is 1. The van der Waals surface area contributed by atoms with E-state index in [1.54, 1.807) is 6.07 Å². The van der Waals surface area contributed by atoms with Gasteiger partial charge in [0.05, 0.1) is 18.3 Å². The molecular formula is C12H14F3NO. The lowest BCUT2D eigenvalue weighted by molar-refractivity contribution is -0.137. The van der Waals surface area contributed by atoms with Crippen LogP contribution >= 0.6 is 0 Å². The van der Waals surface area contributed by atoms with Crippen molar-refractivity contribution in [3.63, 3.8) is 0 Å². The van der Waals surface area contributed by atoms with Crippen molar-refractivity contribution in [2.75, 3.05) is 13.2 Å². The van der Waals surface area contributed by atoms with Crippen LogP contribution in [0.1, 0.15) is 24.2 Å². The van der Waals surface area contributed by atoms with Gasteiger partial charge in [-0.2, -0.15) is 13.2 Å². The van der Waals surface area contributed by atoms with Crippen molar-refractivity contribution >= 4 is 0 Å². The van der Waals surface area contributed by atoms with Crippen LogP contribution in [-0.4, -0.2) is 19.2 Å². The summed E-state index contributed by atoms with van der Waals surface area (Å²) in [6.45, 7) is 3.03. The first-order valence-corrected chi connectivity index (χ1v) is 5.49. The molecule has 2 atom stereocenters. The van der Waals surface area contributed by atoms with Gasteiger partial charge in [0.25, 0.3) is 0 Å². The van der Waals surface area contributed by atoms with Crippen LogP contribution in [0.5, 0.6) is 0 Å². The van der Waals surface area contributed by atoms with E-state index in [1.165, 1.54) is 6.07 Å². The Morgan fingerprint density at radius 1 is 1.35 bits per heavy atom. The van der Waals surface area contributed by atoms with Gasteiger partial charge in [-0.3, -0.25) is 0 Å². The normalized spacial score (nSPS) is 25.9. The van der Waals surface area contributed by atoms with E-state index in [4.69, 9.17) is 4.74 Å². The maximum atomic E-state index is 12.5. The molecule has 1 saturated heterocycles. The molecule has 2 rings (SSSR count). The Morgan fingerprint density at radius 3 is 2.71 bits per heavy atom. The molecule has 1 fully saturated rings. The molecule has 1 N–H and O–H groups in total. The monoisotopic (exact) mass is 245 g/mol. The van der Waals surface area contributed by atoms with Crippen LogP contribution in [0.4, 0.5) is 13.2 Å². The zero-order valence-electron chi connectivity index (χ0n) is 9.42. The molecule has 0 bridgehead atoms. The van der Waals surface area contributed by atoms with Gasteiger partial charge in [-0.15, -0.1) is 0 Å². The van der Waals surface area contributed by atoms with Crippen molar-refractivity contribution in [2.45, 2.75) is 25.2 Å². The van der Waals surface area contributed by atoms with Crippen molar-refractivity contribution in [1.29, 1.82) is 0 Å². The van der Waals surface area contributed by atoms with Crippen LogP contribution in [-0.2, 0) is 10.9 Å². The summed E-state index contributed by atoms with van der Waals surface area (Å²) < 4.78 is 43.1. The predicted octanol–water partition coefficient (Wildman–Crippen LogP) is 2.75. The third-order valence-corrected chi connectivity index (χ3v) is 2.78. The zero-order valence-corrected chi connectivity index (χ0v) is 9.42. The molecule has 0 radical (unpaired) electrons. The molecule has 1 aromatic rings. The van der Waals surface area contributed by atoms with Crippen LogP contribution in [0.2, 0.25) is 0 Å². The summed E-state index contributed by atoms with van der Waals surface area (Å²) in [4.78, 5) is 0. The highest BCUT2D eigenvalue weighted by atomic mass is 19.4. The number of ether oxygens (including phenoxy) is 1. The lowest BCUT2D eigenvalue weighted by Gasteiger charge is -2.28. The van der Waals surface area contributed by atoms with E-state index in [9.17, 15) is 13.2 Å². The van der Waals surface area contributed by atoms with Gasteiger partial charge in [-0.1, -0.05) is 12.1 Å². The van der Waals surface area contributed by atoms with Gasteiger partial charge in [0.2, 0.25) is 0 Å². The lowest BCUT2D eigenvalue weighted by atomic mass is 10.0. The number of hydrogen-bond acceptors (Lipinski definition) is 2. The molecule has 1 aliphatic rings. The number of rotatable bonds is 1. The summed E-state index contributed by atoms with van der Waals surface area (Å²) in [7, 11) is 0. The van der Waals surface area contributed by atoms with E-state index in [-0.39, 0.29) is 12.1 Å². The number of alkyl halides is 3. The second-order valence-electron chi connectivity index (χ2n) is 4.25. The predicted molar refractivity (Wildman–Crippen MR) is 57.6 cm³/mol. The summed E-state index contributed by atoms with van der Waals surface area (Å²) in [6, 6.07) is 5.55. The Bertz CT molecular complexity index is 384. The standard InChI is InChI=1S/C12H14F3NO/c1-8-7-17-11(6-16-8)9-3-2-4-10(5-9)12(13,14)15/h2-5,8,11,16H,6-7H2,1H3/t8-,11-/m0/s1. The summed E-state index contributed by atoms with van der Waals surface area (Å²) in [5.74, 6) is 0. The third-order valence-electron chi connectivity index (χ3n) is 2.78. The number of morpholine rings is 1. The topological polar surface area (TPSA) is 21.3 Å². The van der Waals surface area contributed by atoms with Gasteiger partial charge < -0.3 is 10.1 Å². The summed E-state index contributed by atoms with van der Waals surface area (Å²) in [5, 5.41) is 3.18. The maximum absolute atomic E-state index is 12.5. The first-order chi connectivity index (χ1) is 7.97. The van der Waals surface area contributed by atoms with Crippen molar-refractivity contribution in [3.05, 3.63) is 35.4 Å². The average Bonchev–Trinajstić information content (AvgIpc) is 2.29. The Labute approximate surface area is 97.8 Å². The molecule has 0 unspecified atom stereocenters. The summed E-state index contributed by atoms with van der Waals surface area (Å²) >= 11 is 0. The minimum atomic E-state index is -4.30. The lowest BCUT2D eigenvalue weighted by Crippen LogP contribution is -2.40. The van der Waals surface area contributed by atoms with Crippen LogP contribution in [0, 0.1) is 0 Å². The second-order valence-corrected chi connectivity index (χ2v) is 4.25. The first-order valence-electron chi connectivity index (χ1n) is 5.49. The smallest absolute Gasteiger partial charge is 0.371 e. The van der Waals surface area contributed by atoms with E-state index >= 15 is 0 Å². The highest BCUT2D eigenvalue weighted by Gasteiger charge is 2.31. The fourth-order valence-corrected chi connectivity index (χ4v) is 1.82. The zero-order chi connectivity index (χ0) is 12.5. The second kappa shape index (κ2) is 4.66. The molecule has 0 aromatic heterocycles. The Hall–Kier alpha value is -1.07. The van der Waals surface area contributed by atoms with Crippen LogP contribution in [0.15, 0.2) is 24.3 Å². The van der Waals surface area contributed by atoms with Gasteiger partial charge in [0.1, 0.15) is 0 Å². The fraction of sp³-hybridized carbons (Fsp3) is 0.500. The summed E-state index contributed by atoms with van der Waals surface area (Å²) in [5.41, 5.74) is -0.0588. The minimum absolute atomic E-state index is 0.247. The minimum Gasteiger partial charge on any atom is -0.371 e. The van der Waals surface area contributed by atoms with Crippen LogP contribution < -0.4 is 5.32 Å². The summed E-state index contributed by atoms with van der Waals surface area (Å²) in [6.07, 6.45) is -4.60. The molecule has 1 aliphatic heterocycles. The van der Waals surface area contributed by atoms with Crippen molar-refractivity contribution < 1.29 is 17.9 Å². The Kier molecular flexibility index (Phi) is 3.40. The van der Waals surface area contributed by atoms with Gasteiger partial charge in [-0.25, -0.2) is 0 Å². The average molecular weight is 245 g/mol. The molecule has 17 heavy (non-hydrogen) atoms. The van der Waals surface area contributed by atoms with Crippen LogP contribution in [0.3, 0.4) is 0 Å². The third kappa shape index (κ3) is 2.98. The maximum Gasteiger partial charge on any atom is 0.416 e. The SMILES string of the molecule is C[C@H]1CO[C@H](c2cccc(C(F)(F)F)c2)CN1. The fourth-order valence-electron chi connectivity index (χ4n) is 1.82. The van der Waals surface area contributed by atoms with E-state index in [0.717, 1.165) is 12.1 Å². The van der Waals surface area contributed by atoms with E-state index in [1.807, 2.05) is 6.92 Å². The van der Waals surface area contributed by atoms with E-state index in [0.29, 0.717) is 18.7 Å². The highest BCUT2D eigenvalue weighted by Crippen LogP contribution is 2.31. The largest absolute Gasteiger partial charge is 0.416 e. The molecule has 0 aliphatic carbocycles. The molecule has 1 aromatic carbocycles. The van der Waals surface area contributed by atoms with E-state index < -0.39 is 11.7 Å². The highest BCUT2D eigenvalue weighted by molar-refractivity contribution is 5.27. The molecule has 0 spiro atoms. The quantitative estimate of drug-likeness (QED) is 0.821.